The maximum absolute atomic E-state index is 11.8. The van der Waals surface area contributed by atoms with Gasteiger partial charge in [-0.1, -0.05) is 0 Å². The van der Waals surface area contributed by atoms with Crippen LogP contribution in [0.4, 0.5) is 13.2 Å². The molecule has 0 radical (unpaired) electrons. The molecule has 0 aliphatic rings. The van der Waals surface area contributed by atoms with Crippen LogP contribution >= 0.6 is 11.6 Å². The number of rotatable bonds is 5. The van der Waals surface area contributed by atoms with Crippen molar-refractivity contribution < 1.29 is 13.2 Å². The number of halogens is 4. The lowest BCUT2D eigenvalue weighted by Gasteiger charge is -2.33. The van der Waals surface area contributed by atoms with Crippen molar-refractivity contribution in [2.24, 2.45) is 0 Å². The predicted octanol–water partition coefficient (Wildman–Crippen LogP) is 3.28. The maximum atomic E-state index is 11.8. The van der Waals surface area contributed by atoms with Crippen LogP contribution < -0.4 is 0 Å². The van der Waals surface area contributed by atoms with Gasteiger partial charge in [-0.15, -0.1) is 11.6 Å². The van der Waals surface area contributed by atoms with E-state index in [2.05, 4.69) is 0 Å². The minimum Gasteiger partial charge on any atom is -0.300 e. The summed E-state index contributed by atoms with van der Waals surface area (Å²) in [6.07, 6.45) is -4.65. The van der Waals surface area contributed by atoms with Crippen molar-refractivity contribution in [2.75, 3.05) is 19.5 Å². The molecule has 0 saturated carbocycles. The molecule has 86 valence electrons. The Morgan fingerprint density at radius 3 is 2.07 bits per heavy atom. The normalized spacial score (nSPS) is 13.7. The highest BCUT2D eigenvalue weighted by Gasteiger charge is 2.28. The van der Waals surface area contributed by atoms with E-state index in [1.54, 1.807) is 7.05 Å². The molecule has 0 aliphatic heterocycles. The summed E-state index contributed by atoms with van der Waals surface area (Å²) < 4.78 is 35.5. The van der Waals surface area contributed by atoms with Gasteiger partial charge in [-0.05, 0) is 33.9 Å². The molecular formula is C9H17ClF3N. The number of alkyl halides is 4. The Labute approximate surface area is 88.2 Å². The highest BCUT2D eigenvalue weighted by atomic mass is 35.5. The van der Waals surface area contributed by atoms with Gasteiger partial charge in [0.25, 0.3) is 0 Å². The average Bonchev–Trinajstić information content (AvgIpc) is 2.02. The first-order valence-electron chi connectivity index (χ1n) is 4.53. The number of hydrogen-bond donors (Lipinski definition) is 0. The SMILES string of the molecule is CN(CCCC(F)(F)F)C(C)(C)CCl. The lowest BCUT2D eigenvalue weighted by Crippen LogP contribution is -2.43. The molecule has 0 bridgehead atoms. The van der Waals surface area contributed by atoms with Crippen LogP contribution in [0, 0.1) is 0 Å². The van der Waals surface area contributed by atoms with Crippen molar-refractivity contribution >= 4 is 11.6 Å². The lowest BCUT2D eigenvalue weighted by molar-refractivity contribution is -0.136. The zero-order chi connectivity index (χ0) is 11.4. The third-order valence-electron chi connectivity index (χ3n) is 2.31. The fourth-order valence-electron chi connectivity index (χ4n) is 0.921. The number of hydrogen-bond acceptors (Lipinski definition) is 1. The van der Waals surface area contributed by atoms with Gasteiger partial charge in [0.15, 0.2) is 0 Å². The topological polar surface area (TPSA) is 3.24 Å². The molecule has 0 aromatic heterocycles. The zero-order valence-corrected chi connectivity index (χ0v) is 9.54. The third-order valence-corrected chi connectivity index (χ3v) is 2.97. The molecule has 0 N–H and O–H groups in total. The fraction of sp³-hybridized carbons (Fsp3) is 1.00. The van der Waals surface area contributed by atoms with Gasteiger partial charge in [-0.2, -0.15) is 13.2 Å². The molecule has 0 heterocycles. The lowest BCUT2D eigenvalue weighted by atomic mass is 10.1. The van der Waals surface area contributed by atoms with E-state index in [1.807, 2.05) is 18.7 Å². The van der Waals surface area contributed by atoms with Crippen molar-refractivity contribution in [3.8, 4) is 0 Å². The predicted molar refractivity (Wildman–Crippen MR) is 52.7 cm³/mol. The Bertz CT molecular complexity index is 168. The molecule has 0 unspecified atom stereocenters. The first-order chi connectivity index (χ1) is 6.19. The smallest absolute Gasteiger partial charge is 0.300 e. The number of nitrogens with zero attached hydrogens (tertiary/aromatic N) is 1. The van der Waals surface area contributed by atoms with Gasteiger partial charge in [0.2, 0.25) is 0 Å². The summed E-state index contributed by atoms with van der Waals surface area (Å²) in [7, 11) is 1.79. The quantitative estimate of drug-likeness (QED) is 0.657. The maximum Gasteiger partial charge on any atom is 0.389 e. The summed E-state index contributed by atoms with van der Waals surface area (Å²) in [6.45, 7) is 4.24. The van der Waals surface area contributed by atoms with Gasteiger partial charge in [-0.3, -0.25) is 0 Å². The van der Waals surface area contributed by atoms with Gasteiger partial charge >= 0.3 is 6.18 Å². The summed E-state index contributed by atoms with van der Waals surface area (Å²) in [5.41, 5.74) is -0.243. The largest absolute Gasteiger partial charge is 0.389 e. The third kappa shape index (κ3) is 5.70. The van der Waals surface area contributed by atoms with Crippen molar-refractivity contribution in [1.82, 2.24) is 4.90 Å². The molecule has 14 heavy (non-hydrogen) atoms. The zero-order valence-electron chi connectivity index (χ0n) is 8.79. The van der Waals surface area contributed by atoms with Gasteiger partial charge in [0.05, 0.1) is 0 Å². The monoisotopic (exact) mass is 231 g/mol. The fourth-order valence-corrected chi connectivity index (χ4v) is 1.13. The molecule has 1 nitrogen and oxygen atoms in total. The van der Waals surface area contributed by atoms with Crippen LogP contribution in [-0.2, 0) is 0 Å². The molecule has 0 fully saturated rings. The highest BCUT2D eigenvalue weighted by Crippen LogP contribution is 2.22. The van der Waals surface area contributed by atoms with Crippen molar-refractivity contribution in [2.45, 2.75) is 38.4 Å². The van der Waals surface area contributed by atoms with E-state index in [9.17, 15) is 13.2 Å². The summed E-state index contributed by atoms with van der Waals surface area (Å²) in [5, 5.41) is 0. The van der Waals surface area contributed by atoms with Crippen LogP contribution in [0.1, 0.15) is 26.7 Å². The molecule has 0 saturated heterocycles. The Morgan fingerprint density at radius 1 is 1.21 bits per heavy atom. The Morgan fingerprint density at radius 2 is 1.71 bits per heavy atom. The van der Waals surface area contributed by atoms with E-state index in [4.69, 9.17) is 11.6 Å². The van der Waals surface area contributed by atoms with E-state index in [0.717, 1.165) is 0 Å². The second-order valence-corrected chi connectivity index (χ2v) is 4.35. The van der Waals surface area contributed by atoms with Crippen LogP contribution in [0.3, 0.4) is 0 Å². The summed E-state index contributed by atoms with van der Waals surface area (Å²) in [6, 6.07) is 0. The van der Waals surface area contributed by atoms with Crippen molar-refractivity contribution in [1.29, 1.82) is 0 Å². The van der Waals surface area contributed by atoms with Crippen molar-refractivity contribution in [3.05, 3.63) is 0 Å². The molecule has 0 rings (SSSR count). The van der Waals surface area contributed by atoms with Gasteiger partial charge in [0.1, 0.15) is 0 Å². The molecule has 5 heteroatoms. The first-order valence-corrected chi connectivity index (χ1v) is 5.06. The van der Waals surface area contributed by atoms with Crippen LogP contribution in [0.5, 0.6) is 0 Å². The first kappa shape index (κ1) is 14.0. The van der Waals surface area contributed by atoms with E-state index >= 15 is 0 Å². The molecule has 0 aromatic rings. The molecular weight excluding hydrogens is 215 g/mol. The van der Waals surface area contributed by atoms with Crippen LogP contribution in [0.2, 0.25) is 0 Å². The van der Waals surface area contributed by atoms with Gasteiger partial charge in [0, 0.05) is 17.8 Å². The van der Waals surface area contributed by atoms with Crippen molar-refractivity contribution in [3.63, 3.8) is 0 Å². The summed E-state index contributed by atoms with van der Waals surface area (Å²) in [5.74, 6) is 0.412. The molecule has 0 aromatic carbocycles. The molecule has 0 aliphatic carbocycles. The van der Waals surface area contributed by atoms with Gasteiger partial charge in [-0.25, -0.2) is 0 Å². The van der Waals surface area contributed by atoms with Crippen LogP contribution in [0.15, 0.2) is 0 Å². The molecule has 0 spiro atoms. The van der Waals surface area contributed by atoms with E-state index in [0.29, 0.717) is 12.4 Å². The second kappa shape index (κ2) is 5.21. The summed E-state index contributed by atoms with van der Waals surface area (Å²) >= 11 is 5.69. The Balaban J connectivity index is 3.80. The minimum absolute atomic E-state index is 0.125. The van der Waals surface area contributed by atoms with Crippen LogP contribution in [-0.4, -0.2) is 36.1 Å². The Kier molecular flexibility index (Phi) is 5.23. The van der Waals surface area contributed by atoms with Crippen LogP contribution in [0.25, 0.3) is 0 Å². The van der Waals surface area contributed by atoms with E-state index in [1.165, 1.54) is 0 Å². The minimum atomic E-state index is -4.05. The second-order valence-electron chi connectivity index (χ2n) is 4.09. The van der Waals surface area contributed by atoms with E-state index < -0.39 is 12.6 Å². The highest BCUT2D eigenvalue weighted by molar-refractivity contribution is 6.18. The summed E-state index contributed by atoms with van der Waals surface area (Å²) in [4.78, 5) is 1.85. The molecule has 0 atom stereocenters. The average molecular weight is 232 g/mol. The Hall–Kier alpha value is 0.0400. The van der Waals surface area contributed by atoms with E-state index in [-0.39, 0.29) is 12.0 Å². The molecule has 0 amide bonds. The standard InChI is InChI=1S/C9H17ClF3N/c1-8(2,7-10)14(3)6-4-5-9(11,12)13/h4-7H2,1-3H3. The van der Waals surface area contributed by atoms with Gasteiger partial charge < -0.3 is 4.90 Å².